The number of methoxy groups -OCH3 is 1. The number of rotatable bonds is 9. The predicted molar refractivity (Wildman–Crippen MR) is 121 cm³/mol. The molecule has 1 aromatic heterocycles. The summed E-state index contributed by atoms with van der Waals surface area (Å²) >= 11 is 1.25. The van der Waals surface area contributed by atoms with Gasteiger partial charge in [0, 0.05) is 16.8 Å². The van der Waals surface area contributed by atoms with Crippen molar-refractivity contribution in [1.82, 2.24) is 14.8 Å². The number of ether oxygens (including phenoxy) is 2. The number of Topliss-reactive ketones (excluding diaryl/α,β-unsaturated/α-hetero) is 1. The summed E-state index contributed by atoms with van der Waals surface area (Å²) in [7, 11) is 1.60. The maximum absolute atomic E-state index is 12.7. The topological polar surface area (TPSA) is 66.2 Å². The van der Waals surface area contributed by atoms with Gasteiger partial charge in [0.25, 0.3) is 0 Å². The maximum atomic E-state index is 12.7. The molecule has 0 radical (unpaired) electrons. The number of hydrogen-bond donors (Lipinski definition) is 0. The Kier molecular flexibility index (Phi) is 6.99. The predicted octanol–water partition coefficient (Wildman–Crippen LogP) is 5.52. The first-order valence-electron chi connectivity index (χ1n) is 9.91. The van der Waals surface area contributed by atoms with E-state index < -0.39 is 6.61 Å². The van der Waals surface area contributed by atoms with Crippen molar-refractivity contribution in [3.63, 3.8) is 0 Å². The average molecular weight is 467 g/mol. The van der Waals surface area contributed by atoms with Crippen LogP contribution in [0.3, 0.4) is 0 Å². The minimum Gasteiger partial charge on any atom is -0.497 e. The van der Waals surface area contributed by atoms with Crippen molar-refractivity contribution < 1.29 is 23.0 Å². The van der Waals surface area contributed by atoms with Crippen LogP contribution < -0.4 is 9.47 Å². The molecule has 4 rings (SSSR count). The van der Waals surface area contributed by atoms with Crippen molar-refractivity contribution in [1.29, 1.82) is 0 Å². The van der Waals surface area contributed by atoms with E-state index in [4.69, 9.17) is 4.74 Å². The molecule has 1 heterocycles. The molecule has 0 spiro atoms. The number of alkyl halides is 2. The third kappa shape index (κ3) is 5.38. The summed E-state index contributed by atoms with van der Waals surface area (Å²) in [5.41, 5.74) is 2.10. The lowest BCUT2D eigenvalue weighted by atomic mass is 10.1. The second-order valence-corrected chi connectivity index (χ2v) is 7.76. The minimum atomic E-state index is -2.91. The number of nitrogens with zero attached hydrogens (tertiary/aromatic N) is 3. The fraction of sp³-hybridized carbons (Fsp3) is 0.125. The Morgan fingerprint density at radius 3 is 2.24 bits per heavy atom. The molecule has 0 atom stereocenters. The standard InChI is InChI=1S/C24H19F2N3O3S/c1-31-19-11-9-17(10-12-19)22-27-28-24(29(22)18-5-3-2-4-6-18)33-15-21(30)16-7-13-20(14-8-16)32-23(25)26/h2-14,23H,15H2,1H3. The van der Waals surface area contributed by atoms with Gasteiger partial charge in [-0.25, -0.2) is 0 Å². The molecular formula is C24H19F2N3O3S. The Balaban J connectivity index is 1.57. The summed E-state index contributed by atoms with van der Waals surface area (Å²) in [5, 5.41) is 9.23. The number of carbonyl (C=O) groups is 1. The van der Waals surface area contributed by atoms with Crippen LogP contribution in [0.1, 0.15) is 10.4 Å². The van der Waals surface area contributed by atoms with Crippen LogP contribution in [0.2, 0.25) is 0 Å². The van der Waals surface area contributed by atoms with E-state index in [2.05, 4.69) is 14.9 Å². The Morgan fingerprint density at radius 2 is 1.61 bits per heavy atom. The van der Waals surface area contributed by atoms with Gasteiger partial charge in [0.15, 0.2) is 16.8 Å². The lowest BCUT2D eigenvalue weighted by molar-refractivity contribution is -0.0498. The molecule has 6 nitrogen and oxygen atoms in total. The number of halogens is 2. The van der Waals surface area contributed by atoms with Crippen LogP contribution in [-0.4, -0.2) is 40.0 Å². The SMILES string of the molecule is COc1ccc(-c2nnc(SCC(=O)c3ccc(OC(F)F)cc3)n2-c2ccccc2)cc1. The Labute approximate surface area is 193 Å². The second kappa shape index (κ2) is 10.3. The first-order valence-corrected chi connectivity index (χ1v) is 10.9. The molecule has 0 aliphatic heterocycles. The summed E-state index contributed by atoms with van der Waals surface area (Å²) in [6, 6.07) is 22.7. The fourth-order valence-electron chi connectivity index (χ4n) is 3.14. The average Bonchev–Trinajstić information content (AvgIpc) is 3.27. The van der Waals surface area contributed by atoms with E-state index in [1.54, 1.807) is 7.11 Å². The number of hydrogen-bond acceptors (Lipinski definition) is 6. The number of carbonyl (C=O) groups excluding carboxylic acids is 1. The van der Waals surface area contributed by atoms with Crippen molar-refractivity contribution in [2.45, 2.75) is 11.8 Å². The van der Waals surface area contributed by atoms with E-state index in [1.807, 2.05) is 59.2 Å². The van der Waals surface area contributed by atoms with Crippen LogP contribution in [0.4, 0.5) is 8.78 Å². The molecule has 4 aromatic rings. The number of benzene rings is 3. The van der Waals surface area contributed by atoms with Gasteiger partial charge in [0.1, 0.15) is 11.5 Å². The molecule has 0 saturated carbocycles. The number of para-hydroxylation sites is 1. The number of thioether (sulfide) groups is 1. The first kappa shape index (κ1) is 22.5. The van der Waals surface area contributed by atoms with Gasteiger partial charge in [-0.3, -0.25) is 9.36 Å². The van der Waals surface area contributed by atoms with Crippen molar-refractivity contribution in [2.75, 3.05) is 12.9 Å². The molecule has 9 heteroatoms. The second-order valence-electron chi connectivity index (χ2n) is 6.82. The van der Waals surface area contributed by atoms with Gasteiger partial charge in [-0.2, -0.15) is 8.78 Å². The molecule has 168 valence electrons. The quantitative estimate of drug-likeness (QED) is 0.239. The van der Waals surface area contributed by atoms with Crippen LogP contribution in [0.15, 0.2) is 84.0 Å². The van der Waals surface area contributed by atoms with Gasteiger partial charge >= 0.3 is 6.61 Å². The van der Waals surface area contributed by atoms with Crippen molar-refractivity contribution in [2.24, 2.45) is 0 Å². The Bertz CT molecular complexity index is 1210. The molecular weight excluding hydrogens is 448 g/mol. The van der Waals surface area contributed by atoms with E-state index in [-0.39, 0.29) is 17.3 Å². The highest BCUT2D eigenvalue weighted by molar-refractivity contribution is 7.99. The maximum Gasteiger partial charge on any atom is 0.387 e. The van der Waals surface area contributed by atoms with Gasteiger partial charge in [-0.05, 0) is 60.7 Å². The summed E-state index contributed by atoms with van der Waals surface area (Å²) < 4.78 is 36.1. The molecule has 0 N–H and O–H groups in total. The molecule has 0 amide bonds. The van der Waals surface area contributed by atoms with Crippen LogP contribution in [0.5, 0.6) is 11.5 Å². The van der Waals surface area contributed by atoms with E-state index in [1.165, 1.54) is 36.0 Å². The highest BCUT2D eigenvalue weighted by Gasteiger charge is 2.18. The lowest BCUT2D eigenvalue weighted by Gasteiger charge is -2.10. The monoisotopic (exact) mass is 467 g/mol. The van der Waals surface area contributed by atoms with Crippen molar-refractivity contribution >= 4 is 17.5 Å². The number of aromatic nitrogens is 3. The summed E-state index contributed by atoms with van der Waals surface area (Å²) in [4.78, 5) is 12.7. The van der Waals surface area contributed by atoms with Gasteiger partial charge in [-0.1, -0.05) is 30.0 Å². The van der Waals surface area contributed by atoms with E-state index in [0.717, 1.165) is 17.0 Å². The number of ketones is 1. The Hall–Kier alpha value is -3.72. The van der Waals surface area contributed by atoms with Gasteiger partial charge in [0.05, 0.1) is 12.9 Å². The summed E-state index contributed by atoms with van der Waals surface area (Å²) in [5.74, 6) is 1.30. The van der Waals surface area contributed by atoms with E-state index in [0.29, 0.717) is 16.5 Å². The molecule has 0 aliphatic rings. The van der Waals surface area contributed by atoms with E-state index >= 15 is 0 Å². The molecule has 33 heavy (non-hydrogen) atoms. The normalized spacial score (nSPS) is 10.9. The van der Waals surface area contributed by atoms with Crippen LogP contribution in [0.25, 0.3) is 17.1 Å². The van der Waals surface area contributed by atoms with Crippen molar-refractivity contribution in [3.05, 3.63) is 84.4 Å². The third-order valence-electron chi connectivity index (χ3n) is 4.73. The lowest BCUT2D eigenvalue weighted by Crippen LogP contribution is -2.06. The largest absolute Gasteiger partial charge is 0.497 e. The van der Waals surface area contributed by atoms with Gasteiger partial charge in [-0.15, -0.1) is 10.2 Å². The first-order chi connectivity index (χ1) is 16.0. The summed E-state index contributed by atoms with van der Waals surface area (Å²) in [6.07, 6.45) is 0. The molecule has 0 aliphatic carbocycles. The van der Waals surface area contributed by atoms with Crippen molar-refractivity contribution in [3.8, 4) is 28.6 Å². The smallest absolute Gasteiger partial charge is 0.387 e. The van der Waals surface area contributed by atoms with Crippen LogP contribution in [0, 0.1) is 0 Å². The summed E-state index contributed by atoms with van der Waals surface area (Å²) in [6.45, 7) is -2.91. The molecule has 3 aromatic carbocycles. The van der Waals surface area contributed by atoms with Gasteiger partial charge in [0.2, 0.25) is 0 Å². The van der Waals surface area contributed by atoms with Crippen LogP contribution in [-0.2, 0) is 0 Å². The molecule has 0 saturated heterocycles. The minimum absolute atomic E-state index is 0.00200. The third-order valence-corrected chi connectivity index (χ3v) is 5.66. The zero-order valence-electron chi connectivity index (χ0n) is 17.5. The fourth-order valence-corrected chi connectivity index (χ4v) is 3.98. The Morgan fingerprint density at radius 1 is 0.939 bits per heavy atom. The highest BCUT2D eigenvalue weighted by Crippen LogP contribution is 2.29. The molecule has 0 unspecified atom stereocenters. The van der Waals surface area contributed by atoms with Crippen LogP contribution >= 0.6 is 11.8 Å². The zero-order valence-corrected chi connectivity index (χ0v) is 18.3. The van der Waals surface area contributed by atoms with E-state index in [9.17, 15) is 13.6 Å². The molecule has 0 bridgehead atoms. The molecule has 0 fully saturated rings. The zero-order chi connectivity index (χ0) is 23.2. The highest BCUT2D eigenvalue weighted by atomic mass is 32.2. The van der Waals surface area contributed by atoms with Gasteiger partial charge < -0.3 is 9.47 Å².